The first-order chi connectivity index (χ1) is 4.22. The Morgan fingerprint density at radius 2 is 2.11 bits per heavy atom. The maximum atomic E-state index is 10.5. The minimum Gasteiger partial charge on any atom is -0.463 e. The standard InChI is InChI=1S/C5H7BrO3/c1-9-5(8)4(7)2-3-6/h2-3H2,1H3. The summed E-state index contributed by atoms with van der Waals surface area (Å²) in [7, 11) is 1.19. The third-order valence-corrected chi connectivity index (χ3v) is 1.13. The molecule has 0 aliphatic carbocycles. The zero-order chi connectivity index (χ0) is 7.28. The molecule has 0 aliphatic rings. The summed E-state index contributed by atoms with van der Waals surface area (Å²) in [5, 5.41) is 0.501. The second-order valence-electron chi connectivity index (χ2n) is 1.35. The summed E-state index contributed by atoms with van der Waals surface area (Å²) < 4.78 is 4.16. The van der Waals surface area contributed by atoms with E-state index >= 15 is 0 Å². The van der Waals surface area contributed by atoms with E-state index in [1.165, 1.54) is 7.11 Å². The number of ether oxygens (including phenoxy) is 1. The second kappa shape index (κ2) is 4.49. The van der Waals surface area contributed by atoms with Crippen LogP contribution in [0.15, 0.2) is 0 Å². The SMILES string of the molecule is COC(=O)C(=O)CCBr. The van der Waals surface area contributed by atoms with Crippen LogP contribution in [0.2, 0.25) is 0 Å². The van der Waals surface area contributed by atoms with Gasteiger partial charge in [0.25, 0.3) is 0 Å². The van der Waals surface area contributed by atoms with Crippen LogP contribution >= 0.6 is 15.9 Å². The highest BCUT2D eigenvalue weighted by atomic mass is 79.9. The van der Waals surface area contributed by atoms with Crippen LogP contribution in [0.3, 0.4) is 0 Å². The third kappa shape index (κ3) is 3.24. The minimum absolute atomic E-state index is 0.201. The van der Waals surface area contributed by atoms with Gasteiger partial charge < -0.3 is 4.74 Å². The Labute approximate surface area is 61.5 Å². The van der Waals surface area contributed by atoms with Crippen molar-refractivity contribution in [3.8, 4) is 0 Å². The van der Waals surface area contributed by atoms with E-state index in [0.717, 1.165) is 0 Å². The topological polar surface area (TPSA) is 43.4 Å². The van der Waals surface area contributed by atoms with Gasteiger partial charge in [0.2, 0.25) is 5.78 Å². The van der Waals surface area contributed by atoms with Gasteiger partial charge in [-0.15, -0.1) is 0 Å². The monoisotopic (exact) mass is 194 g/mol. The fraction of sp³-hybridized carbons (Fsp3) is 0.600. The van der Waals surface area contributed by atoms with Crippen LogP contribution in [0, 0.1) is 0 Å². The molecule has 3 nitrogen and oxygen atoms in total. The molecule has 0 radical (unpaired) electrons. The van der Waals surface area contributed by atoms with Gasteiger partial charge in [0.1, 0.15) is 0 Å². The number of methoxy groups -OCH3 is 1. The van der Waals surface area contributed by atoms with Crippen molar-refractivity contribution in [2.75, 3.05) is 12.4 Å². The van der Waals surface area contributed by atoms with Crippen molar-refractivity contribution in [1.82, 2.24) is 0 Å². The van der Waals surface area contributed by atoms with Crippen LogP contribution in [0.4, 0.5) is 0 Å². The summed E-state index contributed by atoms with van der Waals surface area (Å²) in [6, 6.07) is 0. The molecule has 0 aliphatic heterocycles. The van der Waals surface area contributed by atoms with Crippen LogP contribution in [0.5, 0.6) is 0 Å². The lowest BCUT2D eigenvalue weighted by Gasteiger charge is -1.92. The molecule has 0 bridgehead atoms. The quantitative estimate of drug-likeness (QED) is 0.374. The summed E-state index contributed by atoms with van der Waals surface area (Å²) in [6.45, 7) is 0. The van der Waals surface area contributed by atoms with Crippen LogP contribution in [-0.4, -0.2) is 24.2 Å². The number of hydrogen-bond donors (Lipinski definition) is 0. The molecular weight excluding hydrogens is 188 g/mol. The van der Waals surface area contributed by atoms with Crippen molar-refractivity contribution in [3.63, 3.8) is 0 Å². The van der Waals surface area contributed by atoms with Gasteiger partial charge in [-0.2, -0.15) is 0 Å². The molecule has 0 saturated heterocycles. The molecule has 0 atom stereocenters. The van der Waals surface area contributed by atoms with Crippen LogP contribution < -0.4 is 0 Å². The van der Waals surface area contributed by atoms with E-state index in [1.54, 1.807) is 0 Å². The lowest BCUT2D eigenvalue weighted by atomic mass is 10.3. The molecular formula is C5H7BrO3. The summed E-state index contributed by atoms with van der Waals surface area (Å²) >= 11 is 3.02. The van der Waals surface area contributed by atoms with E-state index in [9.17, 15) is 9.59 Å². The van der Waals surface area contributed by atoms with Crippen molar-refractivity contribution in [2.24, 2.45) is 0 Å². The zero-order valence-electron chi connectivity index (χ0n) is 5.02. The largest absolute Gasteiger partial charge is 0.463 e. The number of esters is 1. The first-order valence-corrected chi connectivity index (χ1v) is 3.51. The summed E-state index contributed by atoms with van der Waals surface area (Å²) in [5.41, 5.74) is 0. The predicted molar refractivity (Wildman–Crippen MR) is 35.4 cm³/mol. The number of alkyl halides is 1. The van der Waals surface area contributed by atoms with Gasteiger partial charge in [0.15, 0.2) is 0 Å². The molecule has 0 aromatic carbocycles. The molecule has 52 valence electrons. The van der Waals surface area contributed by atoms with Gasteiger partial charge >= 0.3 is 5.97 Å². The van der Waals surface area contributed by atoms with Crippen molar-refractivity contribution >= 4 is 27.7 Å². The average Bonchev–Trinajstić information content (AvgIpc) is 1.87. The summed E-state index contributed by atoms with van der Waals surface area (Å²) in [5.74, 6) is -1.26. The van der Waals surface area contributed by atoms with Crippen molar-refractivity contribution in [3.05, 3.63) is 0 Å². The van der Waals surface area contributed by atoms with Crippen LogP contribution in [0.25, 0.3) is 0 Å². The lowest BCUT2D eigenvalue weighted by molar-refractivity contribution is -0.151. The molecule has 0 fully saturated rings. The smallest absolute Gasteiger partial charge is 0.374 e. The zero-order valence-corrected chi connectivity index (χ0v) is 6.60. The predicted octanol–water partition coefficient (Wildman–Crippen LogP) is 0.513. The number of carbonyl (C=O) groups is 2. The van der Waals surface area contributed by atoms with Gasteiger partial charge in [-0.1, -0.05) is 15.9 Å². The Morgan fingerprint density at radius 1 is 1.56 bits per heavy atom. The van der Waals surface area contributed by atoms with Gasteiger partial charge in [0, 0.05) is 11.8 Å². The Hall–Kier alpha value is -0.380. The van der Waals surface area contributed by atoms with Crippen LogP contribution in [0.1, 0.15) is 6.42 Å². The number of carbonyl (C=O) groups excluding carboxylic acids is 2. The molecule has 0 aromatic heterocycles. The minimum atomic E-state index is -0.769. The maximum absolute atomic E-state index is 10.5. The molecule has 0 spiro atoms. The van der Waals surface area contributed by atoms with Crippen molar-refractivity contribution in [1.29, 1.82) is 0 Å². The number of halogens is 1. The van der Waals surface area contributed by atoms with Gasteiger partial charge in [-0.05, 0) is 0 Å². The molecule has 0 unspecified atom stereocenters. The van der Waals surface area contributed by atoms with E-state index < -0.39 is 11.8 Å². The van der Waals surface area contributed by atoms with E-state index in [4.69, 9.17) is 0 Å². The van der Waals surface area contributed by atoms with E-state index in [0.29, 0.717) is 5.33 Å². The second-order valence-corrected chi connectivity index (χ2v) is 2.15. The molecule has 0 saturated carbocycles. The van der Waals surface area contributed by atoms with Gasteiger partial charge in [-0.3, -0.25) is 4.79 Å². The third-order valence-electron chi connectivity index (χ3n) is 0.735. The average molecular weight is 195 g/mol. The Balaban J connectivity index is 3.60. The first-order valence-electron chi connectivity index (χ1n) is 2.39. The number of hydrogen-bond acceptors (Lipinski definition) is 3. The Bertz CT molecular complexity index is 121. The Kier molecular flexibility index (Phi) is 4.30. The summed E-state index contributed by atoms with van der Waals surface area (Å²) in [6.07, 6.45) is 0.201. The lowest BCUT2D eigenvalue weighted by Crippen LogP contribution is -2.15. The number of Topliss-reactive ketones (excluding diaryl/α,β-unsaturated/α-hetero) is 1. The highest BCUT2D eigenvalue weighted by Crippen LogP contribution is 1.90. The van der Waals surface area contributed by atoms with Crippen LogP contribution in [-0.2, 0) is 14.3 Å². The molecule has 0 rings (SSSR count). The highest BCUT2D eigenvalue weighted by Gasteiger charge is 2.11. The fourth-order valence-electron chi connectivity index (χ4n) is 0.302. The number of rotatable bonds is 3. The van der Waals surface area contributed by atoms with Crippen molar-refractivity contribution in [2.45, 2.75) is 6.42 Å². The molecule has 0 aromatic rings. The molecule has 0 N–H and O–H groups in total. The van der Waals surface area contributed by atoms with E-state index in [-0.39, 0.29) is 6.42 Å². The number of ketones is 1. The Morgan fingerprint density at radius 3 is 2.44 bits per heavy atom. The van der Waals surface area contributed by atoms with Gasteiger partial charge in [-0.25, -0.2) is 4.79 Å². The van der Waals surface area contributed by atoms with Gasteiger partial charge in [0.05, 0.1) is 7.11 Å². The van der Waals surface area contributed by atoms with E-state index in [1.807, 2.05) is 0 Å². The summed E-state index contributed by atoms with van der Waals surface area (Å²) in [4.78, 5) is 20.8. The fourth-order valence-corrected chi connectivity index (χ4v) is 0.662. The first kappa shape index (κ1) is 8.62. The molecule has 9 heavy (non-hydrogen) atoms. The molecule has 4 heteroatoms. The molecule has 0 heterocycles. The molecule has 0 amide bonds. The van der Waals surface area contributed by atoms with E-state index in [2.05, 4.69) is 20.7 Å². The highest BCUT2D eigenvalue weighted by molar-refractivity contribution is 9.09. The van der Waals surface area contributed by atoms with Crippen molar-refractivity contribution < 1.29 is 14.3 Å². The normalized spacial score (nSPS) is 8.67. The maximum Gasteiger partial charge on any atom is 0.374 e.